The molecule has 0 unspecified atom stereocenters. The Kier molecular flexibility index (Phi) is 7.17. The van der Waals surface area contributed by atoms with Crippen molar-refractivity contribution in [1.82, 2.24) is 15.0 Å². The second-order valence-corrected chi connectivity index (χ2v) is 8.02. The predicted octanol–water partition coefficient (Wildman–Crippen LogP) is 5.04. The number of aromatic nitrogens is 3. The summed E-state index contributed by atoms with van der Waals surface area (Å²) in [5, 5.41) is 0. The number of esters is 1. The van der Waals surface area contributed by atoms with Crippen LogP contribution in [0.25, 0.3) is 17.2 Å². The van der Waals surface area contributed by atoms with Crippen molar-refractivity contribution in [2.24, 2.45) is 0 Å². The first-order chi connectivity index (χ1) is 16.0. The summed E-state index contributed by atoms with van der Waals surface area (Å²) >= 11 is 0. The fourth-order valence-electron chi connectivity index (χ4n) is 4.00. The summed E-state index contributed by atoms with van der Waals surface area (Å²) in [6.45, 7) is 6.52. The third-order valence-electron chi connectivity index (χ3n) is 5.66. The van der Waals surface area contributed by atoms with Crippen molar-refractivity contribution < 1.29 is 18.7 Å². The summed E-state index contributed by atoms with van der Waals surface area (Å²) in [4.78, 5) is 25.0. The molecule has 1 aliphatic carbocycles. The molecular formula is C26H29N3O4. The molecule has 4 rings (SSSR count). The van der Waals surface area contributed by atoms with Gasteiger partial charge in [0.2, 0.25) is 5.89 Å². The molecule has 2 aromatic heterocycles. The highest BCUT2D eigenvalue weighted by atomic mass is 16.5. The molecule has 0 saturated carbocycles. The smallest absolute Gasteiger partial charge is 0.306 e. The molecule has 172 valence electrons. The van der Waals surface area contributed by atoms with E-state index in [1.54, 1.807) is 12.4 Å². The van der Waals surface area contributed by atoms with Crippen LogP contribution in [0.2, 0.25) is 0 Å². The van der Waals surface area contributed by atoms with Gasteiger partial charge < -0.3 is 13.9 Å². The molecule has 0 saturated heterocycles. The SMILES string of the molecule is CCOC(=O)CCC1=CCCc2c(OCCc3nc(-c4cnc(C)cn4)oc3C)cccc21. The first-order valence-electron chi connectivity index (χ1n) is 11.4. The zero-order valence-corrected chi connectivity index (χ0v) is 19.4. The quantitative estimate of drug-likeness (QED) is 0.425. The number of benzene rings is 1. The van der Waals surface area contributed by atoms with Crippen molar-refractivity contribution in [3.05, 3.63) is 64.9 Å². The lowest BCUT2D eigenvalue weighted by Gasteiger charge is -2.21. The van der Waals surface area contributed by atoms with Crippen LogP contribution in [0.15, 0.2) is 41.1 Å². The lowest BCUT2D eigenvalue weighted by Crippen LogP contribution is -2.09. The highest BCUT2D eigenvalue weighted by molar-refractivity contribution is 5.77. The fraction of sp³-hybridized carbons (Fsp3) is 0.385. The van der Waals surface area contributed by atoms with E-state index in [9.17, 15) is 4.79 Å². The Morgan fingerprint density at radius 1 is 1.15 bits per heavy atom. The lowest BCUT2D eigenvalue weighted by atomic mass is 9.88. The number of aryl methyl sites for hydroxylation is 2. The monoisotopic (exact) mass is 447 g/mol. The van der Waals surface area contributed by atoms with Gasteiger partial charge in [-0.2, -0.15) is 0 Å². The van der Waals surface area contributed by atoms with Crippen molar-refractivity contribution >= 4 is 11.5 Å². The number of allylic oxidation sites excluding steroid dienone is 2. The molecule has 0 amide bonds. The van der Waals surface area contributed by atoms with Gasteiger partial charge in [0.15, 0.2) is 0 Å². The van der Waals surface area contributed by atoms with E-state index >= 15 is 0 Å². The van der Waals surface area contributed by atoms with Crippen molar-refractivity contribution in [3.63, 3.8) is 0 Å². The largest absolute Gasteiger partial charge is 0.493 e. The number of carbonyl (C=O) groups excluding carboxylic acids is 1. The molecule has 7 nitrogen and oxygen atoms in total. The summed E-state index contributed by atoms with van der Waals surface area (Å²) in [6, 6.07) is 6.12. The molecule has 0 N–H and O–H groups in total. The van der Waals surface area contributed by atoms with Crippen LogP contribution in [0.3, 0.4) is 0 Å². The first kappa shape index (κ1) is 22.7. The Bertz CT molecular complexity index is 1150. The molecule has 3 aromatic rings. The standard InChI is InChI=1S/C26H29N3O4/c1-4-31-25(30)12-11-19-7-5-9-21-20(19)8-6-10-24(21)32-14-13-22-18(3)33-26(29-22)23-16-27-17(2)15-28-23/h6-8,10,15-16H,4-5,9,11-14H2,1-3H3. The van der Waals surface area contributed by atoms with E-state index in [2.05, 4.69) is 27.1 Å². The summed E-state index contributed by atoms with van der Waals surface area (Å²) < 4.78 is 17.0. The normalized spacial score (nSPS) is 12.8. The number of hydrogen-bond donors (Lipinski definition) is 0. The highest BCUT2D eigenvalue weighted by Crippen LogP contribution is 2.35. The van der Waals surface area contributed by atoms with Crippen LogP contribution in [-0.2, 0) is 22.4 Å². The summed E-state index contributed by atoms with van der Waals surface area (Å²) in [5.41, 5.74) is 5.88. The maximum absolute atomic E-state index is 11.8. The number of rotatable bonds is 9. The van der Waals surface area contributed by atoms with E-state index in [1.807, 2.05) is 32.9 Å². The second kappa shape index (κ2) is 10.4. The Morgan fingerprint density at radius 3 is 2.82 bits per heavy atom. The minimum Gasteiger partial charge on any atom is -0.493 e. The molecule has 0 radical (unpaired) electrons. The maximum Gasteiger partial charge on any atom is 0.306 e. The van der Waals surface area contributed by atoms with Crippen molar-refractivity contribution in [2.45, 2.75) is 52.9 Å². The molecule has 1 aromatic carbocycles. The average molecular weight is 448 g/mol. The number of hydrogen-bond acceptors (Lipinski definition) is 7. The van der Waals surface area contributed by atoms with Crippen molar-refractivity contribution in [1.29, 1.82) is 0 Å². The lowest BCUT2D eigenvalue weighted by molar-refractivity contribution is -0.142. The van der Waals surface area contributed by atoms with Crippen LogP contribution in [0, 0.1) is 13.8 Å². The van der Waals surface area contributed by atoms with Gasteiger partial charge in [-0.1, -0.05) is 18.2 Å². The third kappa shape index (κ3) is 5.48. The van der Waals surface area contributed by atoms with E-state index in [0.717, 1.165) is 35.7 Å². The topological polar surface area (TPSA) is 87.3 Å². The highest BCUT2D eigenvalue weighted by Gasteiger charge is 2.18. The number of fused-ring (bicyclic) bond motifs is 1. The molecule has 0 bridgehead atoms. The number of nitrogens with zero attached hydrogens (tertiary/aromatic N) is 3. The minimum atomic E-state index is -0.156. The van der Waals surface area contributed by atoms with E-state index < -0.39 is 0 Å². The van der Waals surface area contributed by atoms with Gasteiger partial charge in [0, 0.05) is 24.6 Å². The van der Waals surface area contributed by atoms with Gasteiger partial charge in [-0.05, 0) is 57.2 Å². The maximum atomic E-state index is 11.8. The number of carbonyl (C=O) groups is 1. The number of ether oxygens (including phenoxy) is 2. The average Bonchev–Trinajstić information content (AvgIpc) is 3.19. The van der Waals surface area contributed by atoms with E-state index in [1.165, 1.54) is 16.7 Å². The van der Waals surface area contributed by atoms with Gasteiger partial charge in [0.1, 0.15) is 17.2 Å². The molecule has 7 heteroatoms. The number of oxazole rings is 1. The molecule has 1 aliphatic rings. The van der Waals surface area contributed by atoms with Crippen LogP contribution < -0.4 is 4.74 Å². The van der Waals surface area contributed by atoms with Gasteiger partial charge in [0.25, 0.3) is 0 Å². The van der Waals surface area contributed by atoms with Crippen LogP contribution >= 0.6 is 0 Å². The third-order valence-corrected chi connectivity index (χ3v) is 5.66. The van der Waals surface area contributed by atoms with Gasteiger partial charge in [-0.25, -0.2) is 9.97 Å². The molecule has 33 heavy (non-hydrogen) atoms. The van der Waals surface area contributed by atoms with Crippen LogP contribution in [-0.4, -0.2) is 34.1 Å². The summed E-state index contributed by atoms with van der Waals surface area (Å²) in [5.74, 6) is 1.97. The fourth-order valence-corrected chi connectivity index (χ4v) is 4.00. The second-order valence-electron chi connectivity index (χ2n) is 8.02. The molecule has 0 fully saturated rings. The van der Waals surface area contributed by atoms with Crippen molar-refractivity contribution in [3.8, 4) is 17.3 Å². The Morgan fingerprint density at radius 2 is 2.03 bits per heavy atom. The van der Waals surface area contributed by atoms with Gasteiger partial charge in [-0.3, -0.25) is 9.78 Å². The Labute approximate surface area is 193 Å². The van der Waals surface area contributed by atoms with Gasteiger partial charge in [-0.15, -0.1) is 0 Å². The predicted molar refractivity (Wildman–Crippen MR) is 125 cm³/mol. The van der Waals surface area contributed by atoms with Crippen LogP contribution in [0.4, 0.5) is 0 Å². The summed E-state index contributed by atoms with van der Waals surface area (Å²) in [7, 11) is 0. The van der Waals surface area contributed by atoms with Crippen LogP contribution in [0.1, 0.15) is 54.5 Å². The Hall–Kier alpha value is -3.48. The molecular weight excluding hydrogens is 418 g/mol. The summed E-state index contributed by atoms with van der Waals surface area (Å²) in [6.07, 6.45) is 9.16. The van der Waals surface area contributed by atoms with Crippen LogP contribution in [0.5, 0.6) is 5.75 Å². The minimum absolute atomic E-state index is 0.156. The van der Waals surface area contributed by atoms with Gasteiger partial charge >= 0.3 is 5.97 Å². The van der Waals surface area contributed by atoms with E-state index in [0.29, 0.717) is 44.1 Å². The Balaban J connectivity index is 1.40. The van der Waals surface area contributed by atoms with E-state index in [-0.39, 0.29) is 5.97 Å². The zero-order chi connectivity index (χ0) is 23.2. The molecule has 2 heterocycles. The zero-order valence-electron chi connectivity index (χ0n) is 19.4. The molecule has 0 atom stereocenters. The molecule has 0 spiro atoms. The molecule has 0 aliphatic heterocycles. The first-order valence-corrected chi connectivity index (χ1v) is 11.4. The van der Waals surface area contributed by atoms with Crippen molar-refractivity contribution in [2.75, 3.05) is 13.2 Å². The van der Waals surface area contributed by atoms with E-state index in [4.69, 9.17) is 13.9 Å². The van der Waals surface area contributed by atoms with Gasteiger partial charge in [0.05, 0.1) is 30.8 Å².